The van der Waals surface area contributed by atoms with Crippen molar-refractivity contribution in [3.63, 3.8) is 0 Å². The van der Waals surface area contributed by atoms with E-state index >= 15 is 0 Å². The lowest BCUT2D eigenvalue weighted by molar-refractivity contribution is 1.07. The van der Waals surface area contributed by atoms with E-state index in [-0.39, 0.29) is 5.39 Å². The molecule has 0 aliphatic heterocycles. The highest BCUT2D eigenvalue weighted by Gasteiger charge is 2.28. The summed E-state index contributed by atoms with van der Waals surface area (Å²) in [5, 5.41) is -3.10. The molecule has 0 spiro atoms. The molecule has 0 atom stereocenters. The zero-order valence-corrected chi connectivity index (χ0v) is 25.3. The number of hydrogen-bond acceptors (Lipinski definition) is 3. The van der Waals surface area contributed by atoms with E-state index in [1.54, 1.807) is 0 Å². The third-order valence-electron chi connectivity index (χ3n) is 8.30. The minimum atomic E-state index is -1.05. The van der Waals surface area contributed by atoms with E-state index in [9.17, 15) is 11.0 Å². The van der Waals surface area contributed by atoms with Gasteiger partial charge in [-0.25, -0.2) is 15.0 Å². The first-order valence-corrected chi connectivity index (χ1v) is 15.0. The number of fused-ring (bicyclic) bond motifs is 7. The lowest BCUT2D eigenvalue weighted by Crippen LogP contribution is -2.02. The Balaban J connectivity index is 1.47. The summed E-state index contributed by atoms with van der Waals surface area (Å²) in [5.74, 6) is -2.64. The van der Waals surface area contributed by atoms with Crippen molar-refractivity contribution in [3.8, 4) is 62.1 Å². The fourth-order valence-electron chi connectivity index (χ4n) is 6.22. The molecule has 0 N–H and O–H groups in total. The summed E-state index contributed by atoms with van der Waals surface area (Å²) in [7, 11) is 0. The Bertz CT molecular complexity index is 4490. The highest BCUT2D eigenvalue weighted by molar-refractivity contribution is 6.19. The fourth-order valence-corrected chi connectivity index (χ4v) is 6.22. The molecule has 1 aliphatic rings. The minimum Gasteiger partial charge on any atom is -0.309 e. The van der Waals surface area contributed by atoms with Crippen LogP contribution in [0.3, 0.4) is 0 Å². The van der Waals surface area contributed by atoms with Crippen molar-refractivity contribution in [2.24, 2.45) is 0 Å². The van der Waals surface area contributed by atoms with Crippen LogP contribution in [0.15, 0.2) is 169 Å². The van der Waals surface area contributed by atoms with Gasteiger partial charge >= 0.3 is 0 Å². The maximum Gasteiger partial charge on any atom is 0.164 e. The standard InChI is InChI=1S/C47H28N4/c1-3-13-30(14-4-1)45-48-46(31-15-5-2-6-16-31)50-47(49-45)40-28-34(27-39-36-22-11-19-29-20-12-23-37(43(29)36)44(39)40)51-41-24-10-9-21-35(41)38-25-32-17-7-8-18-33(32)26-42(38)51/h1-28H/i1D,2D,3D,4D,5D,6D,7D,8D,9D,10D,11D,12D,13D,14D,15D,16D,17D,18D,19D,20D,21D,22D,23D,24D,25D,26D,27D,28D. The molecule has 2 heterocycles. The molecule has 236 valence electrons. The van der Waals surface area contributed by atoms with Crippen LogP contribution in [0.1, 0.15) is 38.4 Å². The molecule has 0 radical (unpaired) electrons. The first-order chi connectivity index (χ1) is 36.9. The average Bonchev–Trinajstić information content (AvgIpc) is 4.00. The zero-order valence-electron chi connectivity index (χ0n) is 53.3. The first-order valence-electron chi connectivity index (χ1n) is 29.0. The van der Waals surface area contributed by atoms with Gasteiger partial charge in [-0.2, -0.15) is 0 Å². The van der Waals surface area contributed by atoms with Crippen molar-refractivity contribution >= 4 is 43.4 Å². The predicted molar refractivity (Wildman–Crippen MR) is 210 cm³/mol. The van der Waals surface area contributed by atoms with Gasteiger partial charge in [-0.3, -0.25) is 0 Å². The number of aromatic nitrogens is 4. The van der Waals surface area contributed by atoms with E-state index in [0.717, 1.165) is 4.57 Å². The van der Waals surface area contributed by atoms with Crippen molar-refractivity contribution in [3.05, 3.63) is 169 Å². The molecule has 8 aromatic carbocycles. The smallest absolute Gasteiger partial charge is 0.164 e. The highest BCUT2D eigenvalue weighted by atomic mass is 15.0. The number of para-hydroxylation sites is 1. The topological polar surface area (TPSA) is 43.6 Å². The second-order valence-corrected chi connectivity index (χ2v) is 11.1. The summed E-state index contributed by atoms with van der Waals surface area (Å²) >= 11 is 0. The summed E-state index contributed by atoms with van der Waals surface area (Å²) in [5.41, 5.74) is -6.51. The van der Waals surface area contributed by atoms with Gasteiger partial charge in [0.05, 0.1) is 49.4 Å². The van der Waals surface area contributed by atoms with Crippen LogP contribution in [0.4, 0.5) is 0 Å². The largest absolute Gasteiger partial charge is 0.309 e. The van der Waals surface area contributed by atoms with E-state index in [0.29, 0.717) is 0 Å². The van der Waals surface area contributed by atoms with Crippen LogP contribution in [0, 0.1) is 0 Å². The second kappa shape index (κ2) is 10.8. The maximum absolute atomic E-state index is 10.4. The third kappa shape index (κ3) is 4.23. The van der Waals surface area contributed by atoms with Crippen molar-refractivity contribution in [1.82, 2.24) is 19.5 Å². The Morgan fingerprint density at radius 2 is 0.961 bits per heavy atom. The van der Waals surface area contributed by atoms with E-state index in [2.05, 4.69) is 15.0 Å². The van der Waals surface area contributed by atoms with Gasteiger partial charge in [0.2, 0.25) is 0 Å². The van der Waals surface area contributed by atoms with Gasteiger partial charge in [0, 0.05) is 38.7 Å². The maximum atomic E-state index is 10.4. The van der Waals surface area contributed by atoms with Crippen molar-refractivity contribution in [2.75, 3.05) is 0 Å². The van der Waals surface area contributed by atoms with Crippen LogP contribution >= 0.6 is 0 Å². The lowest BCUT2D eigenvalue weighted by atomic mass is 9.96. The van der Waals surface area contributed by atoms with Crippen LogP contribution in [0.5, 0.6) is 0 Å². The molecule has 0 saturated carbocycles. The van der Waals surface area contributed by atoms with E-state index in [1.807, 2.05) is 0 Å². The molecule has 0 fully saturated rings. The highest BCUT2D eigenvalue weighted by Crippen LogP contribution is 2.52. The quantitative estimate of drug-likeness (QED) is 0.186. The van der Waals surface area contributed by atoms with Gasteiger partial charge in [0.25, 0.3) is 0 Å². The molecule has 2 aromatic heterocycles. The Kier molecular flexibility index (Phi) is 2.57. The van der Waals surface area contributed by atoms with Crippen LogP contribution in [0.2, 0.25) is 0 Å². The second-order valence-electron chi connectivity index (χ2n) is 11.1. The summed E-state index contributed by atoms with van der Waals surface area (Å²) in [6.45, 7) is 0. The van der Waals surface area contributed by atoms with Gasteiger partial charge in [-0.1, -0.05) is 139 Å². The lowest BCUT2D eigenvalue weighted by Gasteiger charge is -2.16. The Morgan fingerprint density at radius 1 is 0.392 bits per heavy atom. The normalized spacial score (nSPS) is 19.6. The minimum absolute atomic E-state index is 0.357. The van der Waals surface area contributed by atoms with Gasteiger partial charge in [0.1, 0.15) is 0 Å². The summed E-state index contributed by atoms with van der Waals surface area (Å²) in [6, 6.07) is -24.7. The third-order valence-corrected chi connectivity index (χ3v) is 8.30. The molecular weight excluding hydrogens is 621 g/mol. The summed E-state index contributed by atoms with van der Waals surface area (Å²) < 4.78 is 253. The first kappa shape index (κ1) is 12.1. The van der Waals surface area contributed by atoms with Crippen molar-refractivity contribution in [1.29, 1.82) is 0 Å². The molecule has 0 saturated heterocycles. The SMILES string of the molecule is [2H]c1c([2H])c([2H])c(-c2nc(-c3c([2H])c([2H])c([2H])c([2H])c3[2H])nc(-c3c([2H])c(-n4c5c([2H])c([2H])c([2H])c([2H])c5c5c([2H])c6c([2H])c([2H])c([2H])c([2H])c6c([2H])c54)c([2H])c4c3-c3c([2H])c([2H])c([2H])c5c([2H])c([2H])c([2H])c-4c35)n2)c([2H])c1[2H]. The molecule has 0 unspecified atom stereocenters. The summed E-state index contributed by atoms with van der Waals surface area (Å²) in [6.07, 6.45) is 0. The molecule has 4 nitrogen and oxygen atoms in total. The van der Waals surface area contributed by atoms with Crippen molar-refractivity contribution in [2.45, 2.75) is 0 Å². The molecule has 11 rings (SSSR count). The molecule has 1 aliphatic carbocycles. The Morgan fingerprint density at radius 3 is 1.69 bits per heavy atom. The Labute approximate surface area is 333 Å². The molecular formula is C47H28N4. The van der Waals surface area contributed by atoms with Crippen LogP contribution in [0.25, 0.3) is 105 Å². The van der Waals surface area contributed by atoms with E-state index < -0.39 is 269 Å². The molecule has 10 aromatic rings. The summed E-state index contributed by atoms with van der Waals surface area (Å²) in [4.78, 5) is 13.4. The molecule has 4 heteroatoms. The van der Waals surface area contributed by atoms with Crippen molar-refractivity contribution < 1.29 is 38.4 Å². The fraction of sp³-hybridized carbons (Fsp3) is 0. The van der Waals surface area contributed by atoms with E-state index in [1.165, 1.54) is 0 Å². The van der Waals surface area contributed by atoms with Gasteiger partial charge in [-0.05, 0) is 68.4 Å². The predicted octanol–water partition coefficient (Wildman–Crippen LogP) is 11.9. The van der Waals surface area contributed by atoms with Crippen LogP contribution in [-0.4, -0.2) is 19.5 Å². The number of rotatable bonds is 4. The monoisotopic (exact) mass is 676 g/mol. The van der Waals surface area contributed by atoms with E-state index in [4.69, 9.17) is 27.4 Å². The molecule has 51 heavy (non-hydrogen) atoms. The van der Waals surface area contributed by atoms with Gasteiger partial charge in [0.15, 0.2) is 17.5 Å². The molecule has 0 amide bonds. The molecule has 0 bridgehead atoms. The van der Waals surface area contributed by atoms with Gasteiger partial charge in [-0.15, -0.1) is 0 Å². The number of nitrogens with zero attached hydrogens (tertiary/aromatic N) is 4. The number of hydrogen-bond donors (Lipinski definition) is 0. The Hall–Kier alpha value is -6.91. The average molecular weight is 677 g/mol. The van der Waals surface area contributed by atoms with Crippen LogP contribution in [-0.2, 0) is 0 Å². The zero-order chi connectivity index (χ0) is 57.8. The van der Waals surface area contributed by atoms with Crippen LogP contribution < -0.4 is 0 Å². The van der Waals surface area contributed by atoms with Gasteiger partial charge < -0.3 is 4.57 Å². The number of benzene rings is 8.